The van der Waals surface area contributed by atoms with E-state index < -0.39 is 5.97 Å². The van der Waals surface area contributed by atoms with Crippen LogP contribution in [0.2, 0.25) is 0 Å². The van der Waals surface area contributed by atoms with Crippen LogP contribution < -0.4 is 18.9 Å². The topological polar surface area (TPSA) is 71.1 Å². The lowest BCUT2D eigenvalue weighted by Gasteiger charge is -2.08. The molecule has 0 saturated heterocycles. The van der Waals surface area contributed by atoms with Gasteiger partial charge in [0.25, 0.3) is 0 Å². The molecule has 3 aromatic rings. The first-order chi connectivity index (χ1) is 15.0. The molecule has 6 heteroatoms. The Morgan fingerprint density at radius 3 is 2.48 bits per heavy atom. The number of ether oxygens (including phenoxy) is 4. The second-order valence-corrected chi connectivity index (χ2v) is 6.96. The van der Waals surface area contributed by atoms with Crippen LogP contribution in [0.1, 0.15) is 31.8 Å². The number of rotatable bonds is 5. The number of carbonyl (C=O) groups excluding carboxylic acids is 2. The number of hydrogen-bond donors (Lipinski definition) is 0. The predicted octanol–water partition coefficient (Wildman–Crippen LogP) is 4.85. The highest BCUT2D eigenvalue weighted by molar-refractivity contribution is 6.14. The monoisotopic (exact) mass is 416 g/mol. The maximum atomic E-state index is 12.7. The molecule has 0 atom stereocenters. The van der Waals surface area contributed by atoms with Crippen LogP contribution in [0.3, 0.4) is 0 Å². The number of hydrogen-bond acceptors (Lipinski definition) is 6. The van der Waals surface area contributed by atoms with E-state index in [1.165, 1.54) is 13.2 Å². The molecule has 1 heterocycles. The molecular formula is C25H20O6. The third kappa shape index (κ3) is 4.14. The lowest BCUT2D eigenvalue weighted by atomic mass is 10.1. The minimum absolute atomic E-state index is 0.153. The minimum atomic E-state index is -0.480. The van der Waals surface area contributed by atoms with Crippen LogP contribution in [0.25, 0.3) is 6.08 Å². The minimum Gasteiger partial charge on any atom is -0.497 e. The van der Waals surface area contributed by atoms with Crippen LogP contribution in [0, 0.1) is 6.92 Å². The van der Waals surface area contributed by atoms with Crippen molar-refractivity contribution < 1.29 is 28.5 Å². The van der Waals surface area contributed by atoms with E-state index in [-0.39, 0.29) is 11.5 Å². The molecule has 0 N–H and O–H groups in total. The number of ketones is 1. The summed E-state index contributed by atoms with van der Waals surface area (Å²) in [6.07, 6.45) is 1.61. The Labute approximate surface area is 179 Å². The molecule has 0 fully saturated rings. The molecule has 1 aliphatic rings. The highest BCUT2D eigenvalue weighted by Gasteiger charge is 2.28. The van der Waals surface area contributed by atoms with Gasteiger partial charge in [0.1, 0.15) is 23.0 Å². The second-order valence-electron chi connectivity index (χ2n) is 6.96. The highest BCUT2D eigenvalue weighted by atomic mass is 16.5. The van der Waals surface area contributed by atoms with Crippen molar-refractivity contribution in [3.05, 3.63) is 88.7 Å². The van der Waals surface area contributed by atoms with Crippen molar-refractivity contribution in [1.29, 1.82) is 0 Å². The summed E-state index contributed by atoms with van der Waals surface area (Å²) in [7, 11) is 3.11. The molecule has 0 saturated carbocycles. The first-order valence-electron chi connectivity index (χ1n) is 9.57. The Kier molecular flexibility index (Phi) is 5.45. The average Bonchev–Trinajstić information content (AvgIpc) is 3.08. The molecule has 3 aromatic carbocycles. The molecule has 1 aliphatic heterocycles. The third-order valence-corrected chi connectivity index (χ3v) is 4.83. The Morgan fingerprint density at radius 2 is 1.74 bits per heavy atom. The van der Waals surface area contributed by atoms with E-state index in [4.69, 9.17) is 18.9 Å². The van der Waals surface area contributed by atoms with Gasteiger partial charge in [0, 0.05) is 17.7 Å². The number of esters is 1. The number of Topliss-reactive ketones (excluding diaryl/α,β-unsaturated/α-hetero) is 1. The van der Waals surface area contributed by atoms with Crippen molar-refractivity contribution in [2.75, 3.05) is 14.2 Å². The lowest BCUT2D eigenvalue weighted by molar-refractivity contribution is 0.0734. The van der Waals surface area contributed by atoms with Gasteiger partial charge < -0.3 is 18.9 Å². The molecule has 0 spiro atoms. The van der Waals surface area contributed by atoms with E-state index >= 15 is 0 Å². The fourth-order valence-electron chi connectivity index (χ4n) is 3.25. The average molecular weight is 416 g/mol. The maximum Gasteiger partial charge on any atom is 0.343 e. The molecule has 0 bridgehead atoms. The SMILES string of the molecule is COc1ccc(/C=C2\Oc3cc(OC(=O)c4cccc(C)c4)ccc3C2=O)c(OC)c1. The molecule has 6 nitrogen and oxygen atoms in total. The van der Waals surface area contributed by atoms with Crippen molar-refractivity contribution in [2.24, 2.45) is 0 Å². The van der Waals surface area contributed by atoms with Gasteiger partial charge in [0.2, 0.25) is 5.78 Å². The molecule has 4 rings (SSSR count). The quantitative estimate of drug-likeness (QED) is 0.336. The Balaban J connectivity index is 1.57. The maximum absolute atomic E-state index is 12.7. The largest absolute Gasteiger partial charge is 0.497 e. The predicted molar refractivity (Wildman–Crippen MR) is 115 cm³/mol. The number of allylic oxidation sites excluding steroid dienone is 1. The standard InChI is InChI=1S/C25H20O6/c1-15-5-4-6-17(11-15)25(27)30-19-9-10-20-22(14-19)31-23(24(20)26)12-16-7-8-18(28-2)13-21(16)29-3/h4-14H,1-3H3/b23-12-. The van der Waals surface area contributed by atoms with Crippen molar-refractivity contribution in [3.63, 3.8) is 0 Å². The van der Waals surface area contributed by atoms with E-state index in [1.54, 1.807) is 61.7 Å². The Bertz CT molecular complexity index is 1210. The van der Waals surface area contributed by atoms with Crippen LogP contribution in [-0.4, -0.2) is 26.0 Å². The van der Waals surface area contributed by atoms with Gasteiger partial charge in [-0.3, -0.25) is 4.79 Å². The summed E-state index contributed by atoms with van der Waals surface area (Å²) in [5.74, 6) is 1.23. The van der Waals surface area contributed by atoms with Crippen LogP contribution in [0.5, 0.6) is 23.0 Å². The van der Waals surface area contributed by atoms with E-state index in [9.17, 15) is 9.59 Å². The summed E-state index contributed by atoms with van der Waals surface area (Å²) in [5.41, 5.74) is 2.48. The van der Waals surface area contributed by atoms with Gasteiger partial charge in [-0.05, 0) is 49.4 Å². The van der Waals surface area contributed by atoms with Crippen molar-refractivity contribution in [3.8, 4) is 23.0 Å². The smallest absolute Gasteiger partial charge is 0.343 e. The molecule has 0 aromatic heterocycles. The van der Waals surface area contributed by atoms with Crippen molar-refractivity contribution in [1.82, 2.24) is 0 Å². The number of fused-ring (bicyclic) bond motifs is 1. The molecular weight excluding hydrogens is 396 g/mol. The zero-order valence-corrected chi connectivity index (χ0v) is 17.3. The fraction of sp³-hybridized carbons (Fsp3) is 0.120. The second kappa shape index (κ2) is 8.36. The molecule has 0 aliphatic carbocycles. The molecule has 156 valence electrons. The third-order valence-electron chi connectivity index (χ3n) is 4.83. The molecule has 0 amide bonds. The van der Waals surface area contributed by atoms with Crippen LogP contribution in [0.15, 0.2) is 66.4 Å². The van der Waals surface area contributed by atoms with Gasteiger partial charge in [-0.15, -0.1) is 0 Å². The van der Waals surface area contributed by atoms with Gasteiger partial charge in [-0.1, -0.05) is 17.7 Å². The molecule has 0 unspecified atom stereocenters. The summed E-state index contributed by atoms with van der Waals surface area (Å²) < 4.78 is 21.8. The fourth-order valence-corrected chi connectivity index (χ4v) is 3.25. The van der Waals surface area contributed by atoms with E-state index in [2.05, 4.69) is 0 Å². The summed E-state index contributed by atoms with van der Waals surface area (Å²) in [6, 6.07) is 17.1. The number of aryl methyl sites for hydroxylation is 1. The van der Waals surface area contributed by atoms with Gasteiger partial charge >= 0.3 is 5.97 Å². The zero-order valence-electron chi connectivity index (χ0n) is 17.3. The van der Waals surface area contributed by atoms with E-state index in [0.717, 1.165) is 5.56 Å². The molecule has 0 radical (unpaired) electrons. The van der Waals surface area contributed by atoms with Gasteiger partial charge in [-0.25, -0.2) is 4.79 Å². The van der Waals surface area contributed by atoms with E-state index in [1.807, 2.05) is 13.0 Å². The lowest BCUT2D eigenvalue weighted by Crippen LogP contribution is -2.08. The first-order valence-corrected chi connectivity index (χ1v) is 9.57. The van der Waals surface area contributed by atoms with Gasteiger partial charge in [-0.2, -0.15) is 0 Å². The van der Waals surface area contributed by atoms with Gasteiger partial charge in [0.15, 0.2) is 5.76 Å². The highest BCUT2D eigenvalue weighted by Crippen LogP contribution is 2.36. The van der Waals surface area contributed by atoms with Crippen molar-refractivity contribution >= 4 is 17.8 Å². The van der Waals surface area contributed by atoms with Crippen LogP contribution >= 0.6 is 0 Å². The van der Waals surface area contributed by atoms with Crippen LogP contribution in [0.4, 0.5) is 0 Å². The summed E-state index contributed by atoms with van der Waals surface area (Å²) in [5, 5.41) is 0. The molecule has 31 heavy (non-hydrogen) atoms. The number of carbonyl (C=O) groups is 2. The zero-order chi connectivity index (χ0) is 22.0. The summed E-state index contributed by atoms with van der Waals surface area (Å²) >= 11 is 0. The summed E-state index contributed by atoms with van der Waals surface area (Å²) in [6.45, 7) is 1.90. The Morgan fingerprint density at radius 1 is 0.935 bits per heavy atom. The normalized spacial score (nSPS) is 13.5. The first kappa shape index (κ1) is 20.2. The van der Waals surface area contributed by atoms with E-state index in [0.29, 0.717) is 39.7 Å². The summed E-state index contributed by atoms with van der Waals surface area (Å²) in [4.78, 5) is 25.1. The van der Waals surface area contributed by atoms with Crippen molar-refractivity contribution in [2.45, 2.75) is 6.92 Å². The Hall–Kier alpha value is -4.06. The number of benzene rings is 3. The van der Waals surface area contributed by atoms with Crippen LogP contribution in [-0.2, 0) is 0 Å². The number of methoxy groups -OCH3 is 2. The van der Waals surface area contributed by atoms with Gasteiger partial charge in [0.05, 0.1) is 25.3 Å².